The standard InChI is InChI=1S/C11H15NO/c1-8(12-2)11-7-9-5-3-4-6-10(9)13-11/h3-6,8,11-12H,7H2,1-2H3/t8-,11-/m1/s1. The number of para-hydroxylation sites is 1. The average Bonchev–Trinajstić information content (AvgIpc) is 2.59. The van der Waals surface area contributed by atoms with E-state index in [-0.39, 0.29) is 0 Å². The third-order valence-corrected chi connectivity index (χ3v) is 2.69. The second-order valence-electron chi connectivity index (χ2n) is 3.55. The van der Waals surface area contributed by atoms with Gasteiger partial charge in [-0.15, -0.1) is 0 Å². The first-order valence-electron chi connectivity index (χ1n) is 4.73. The lowest BCUT2D eigenvalue weighted by Crippen LogP contribution is -2.37. The molecule has 2 atom stereocenters. The maximum absolute atomic E-state index is 5.80. The number of nitrogens with one attached hydrogen (secondary N) is 1. The number of benzene rings is 1. The van der Waals surface area contributed by atoms with E-state index < -0.39 is 0 Å². The second-order valence-corrected chi connectivity index (χ2v) is 3.55. The number of hydrogen-bond acceptors (Lipinski definition) is 2. The van der Waals surface area contributed by atoms with Crippen molar-refractivity contribution in [2.75, 3.05) is 7.05 Å². The normalized spacial score (nSPS) is 22.2. The Bertz CT molecular complexity index is 273. The third-order valence-electron chi connectivity index (χ3n) is 2.69. The molecule has 1 aromatic rings. The van der Waals surface area contributed by atoms with Crippen LogP contribution in [0.5, 0.6) is 5.75 Å². The Morgan fingerprint density at radius 3 is 2.92 bits per heavy atom. The predicted molar refractivity (Wildman–Crippen MR) is 53.1 cm³/mol. The highest BCUT2D eigenvalue weighted by Gasteiger charge is 2.26. The second kappa shape index (κ2) is 3.38. The Hall–Kier alpha value is -1.02. The lowest BCUT2D eigenvalue weighted by atomic mass is 10.1. The fourth-order valence-electron chi connectivity index (χ4n) is 1.67. The molecule has 1 aliphatic heterocycles. The van der Waals surface area contributed by atoms with E-state index in [9.17, 15) is 0 Å². The van der Waals surface area contributed by atoms with E-state index in [1.807, 2.05) is 19.2 Å². The molecular formula is C11H15NO. The van der Waals surface area contributed by atoms with Gasteiger partial charge in [-0.2, -0.15) is 0 Å². The highest BCUT2D eigenvalue weighted by atomic mass is 16.5. The molecule has 70 valence electrons. The molecular weight excluding hydrogens is 162 g/mol. The van der Waals surface area contributed by atoms with E-state index >= 15 is 0 Å². The van der Waals surface area contributed by atoms with Gasteiger partial charge in [-0.25, -0.2) is 0 Å². The van der Waals surface area contributed by atoms with Gasteiger partial charge in [-0.1, -0.05) is 18.2 Å². The van der Waals surface area contributed by atoms with Crippen molar-refractivity contribution < 1.29 is 4.74 Å². The van der Waals surface area contributed by atoms with Gasteiger partial charge in [0.2, 0.25) is 0 Å². The van der Waals surface area contributed by atoms with Gasteiger partial charge < -0.3 is 10.1 Å². The molecule has 0 aliphatic carbocycles. The number of rotatable bonds is 2. The molecule has 0 radical (unpaired) electrons. The molecule has 1 N–H and O–H groups in total. The summed E-state index contributed by atoms with van der Waals surface area (Å²) in [6.45, 7) is 2.15. The van der Waals surface area contributed by atoms with E-state index in [4.69, 9.17) is 4.74 Å². The highest BCUT2D eigenvalue weighted by molar-refractivity contribution is 5.37. The van der Waals surface area contributed by atoms with Crippen molar-refractivity contribution >= 4 is 0 Å². The summed E-state index contributed by atoms with van der Waals surface area (Å²) in [6.07, 6.45) is 1.32. The zero-order valence-corrected chi connectivity index (χ0v) is 8.08. The molecule has 2 nitrogen and oxygen atoms in total. The van der Waals surface area contributed by atoms with E-state index in [2.05, 4.69) is 24.4 Å². The minimum atomic E-state index is 0.294. The summed E-state index contributed by atoms with van der Waals surface area (Å²) < 4.78 is 5.80. The van der Waals surface area contributed by atoms with Crippen LogP contribution < -0.4 is 10.1 Å². The summed E-state index contributed by atoms with van der Waals surface area (Å²) in [5.74, 6) is 1.05. The van der Waals surface area contributed by atoms with Gasteiger partial charge in [0.05, 0.1) is 0 Å². The summed E-state index contributed by atoms with van der Waals surface area (Å²) >= 11 is 0. The Morgan fingerprint density at radius 1 is 1.46 bits per heavy atom. The molecule has 0 amide bonds. The molecule has 0 bridgehead atoms. The van der Waals surface area contributed by atoms with Gasteiger partial charge in [0.1, 0.15) is 11.9 Å². The van der Waals surface area contributed by atoms with Crippen LogP contribution in [0.2, 0.25) is 0 Å². The third kappa shape index (κ3) is 1.54. The lowest BCUT2D eigenvalue weighted by Gasteiger charge is -2.17. The molecule has 13 heavy (non-hydrogen) atoms. The van der Waals surface area contributed by atoms with Crippen LogP contribution in [0.3, 0.4) is 0 Å². The summed E-state index contributed by atoms with van der Waals surface area (Å²) in [5, 5.41) is 3.22. The van der Waals surface area contributed by atoms with Crippen LogP contribution in [-0.2, 0) is 6.42 Å². The topological polar surface area (TPSA) is 21.3 Å². The molecule has 0 spiro atoms. The fourth-order valence-corrected chi connectivity index (χ4v) is 1.67. The SMILES string of the molecule is CN[C@H](C)[C@H]1Cc2ccccc2O1. The number of hydrogen-bond donors (Lipinski definition) is 1. The van der Waals surface area contributed by atoms with Crippen molar-refractivity contribution in [1.29, 1.82) is 0 Å². The average molecular weight is 177 g/mol. The highest BCUT2D eigenvalue weighted by Crippen LogP contribution is 2.29. The lowest BCUT2D eigenvalue weighted by molar-refractivity contribution is 0.191. The minimum absolute atomic E-state index is 0.294. The van der Waals surface area contributed by atoms with Gasteiger partial charge in [-0.05, 0) is 25.6 Å². The van der Waals surface area contributed by atoms with Gasteiger partial charge in [-0.3, -0.25) is 0 Å². The van der Waals surface area contributed by atoms with Gasteiger partial charge in [0, 0.05) is 12.5 Å². The summed E-state index contributed by atoms with van der Waals surface area (Å²) in [4.78, 5) is 0. The first kappa shape index (κ1) is 8.57. The van der Waals surface area contributed by atoms with E-state index in [1.54, 1.807) is 0 Å². The Labute approximate surface area is 78.9 Å². The first-order chi connectivity index (χ1) is 6.31. The van der Waals surface area contributed by atoms with E-state index in [0.717, 1.165) is 12.2 Å². The Morgan fingerprint density at radius 2 is 2.23 bits per heavy atom. The summed E-state index contributed by atoms with van der Waals surface area (Å²) in [5.41, 5.74) is 1.33. The van der Waals surface area contributed by atoms with Crippen molar-refractivity contribution in [3.63, 3.8) is 0 Å². The first-order valence-corrected chi connectivity index (χ1v) is 4.73. The molecule has 2 heteroatoms. The zero-order valence-electron chi connectivity index (χ0n) is 8.08. The van der Waals surface area contributed by atoms with Crippen molar-refractivity contribution in [2.24, 2.45) is 0 Å². The maximum atomic E-state index is 5.80. The Balaban J connectivity index is 2.14. The van der Waals surface area contributed by atoms with Crippen molar-refractivity contribution in [2.45, 2.75) is 25.5 Å². The molecule has 1 heterocycles. The van der Waals surface area contributed by atoms with E-state index in [1.165, 1.54) is 5.56 Å². The largest absolute Gasteiger partial charge is 0.488 e. The van der Waals surface area contributed by atoms with Crippen molar-refractivity contribution in [1.82, 2.24) is 5.32 Å². The Kier molecular flexibility index (Phi) is 2.23. The molecule has 2 rings (SSSR count). The number of likely N-dealkylation sites (N-methyl/N-ethyl adjacent to an activating group) is 1. The van der Waals surface area contributed by atoms with Crippen LogP contribution in [-0.4, -0.2) is 19.2 Å². The van der Waals surface area contributed by atoms with Gasteiger partial charge >= 0.3 is 0 Å². The molecule has 0 saturated heterocycles. The maximum Gasteiger partial charge on any atom is 0.123 e. The molecule has 0 aromatic heterocycles. The van der Waals surface area contributed by atoms with Crippen molar-refractivity contribution in [3.8, 4) is 5.75 Å². The molecule has 1 aromatic carbocycles. The number of fused-ring (bicyclic) bond motifs is 1. The minimum Gasteiger partial charge on any atom is -0.488 e. The van der Waals surface area contributed by atoms with Crippen LogP contribution >= 0.6 is 0 Å². The van der Waals surface area contributed by atoms with Crippen LogP contribution in [0.25, 0.3) is 0 Å². The van der Waals surface area contributed by atoms with E-state index in [0.29, 0.717) is 12.1 Å². The van der Waals surface area contributed by atoms with Crippen LogP contribution in [0.1, 0.15) is 12.5 Å². The monoisotopic (exact) mass is 177 g/mol. The molecule has 1 aliphatic rings. The molecule has 0 fully saturated rings. The molecule has 0 saturated carbocycles. The smallest absolute Gasteiger partial charge is 0.123 e. The molecule has 0 unspecified atom stereocenters. The van der Waals surface area contributed by atoms with Gasteiger partial charge in [0.25, 0.3) is 0 Å². The van der Waals surface area contributed by atoms with Gasteiger partial charge in [0.15, 0.2) is 0 Å². The summed E-state index contributed by atoms with van der Waals surface area (Å²) in [6, 6.07) is 8.67. The van der Waals surface area contributed by atoms with Crippen molar-refractivity contribution in [3.05, 3.63) is 29.8 Å². The fraction of sp³-hybridized carbons (Fsp3) is 0.455. The van der Waals surface area contributed by atoms with Crippen LogP contribution in [0.4, 0.5) is 0 Å². The van der Waals surface area contributed by atoms with Crippen LogP contribution in [0.15, 0.2) is 24.3 Å². The summed E-state index contributed by atoms with van der Waals surface area (Å²) in [7, 11) is 1.97. The van der Waals surface area contributed by atoms with Crippen LogP contribution in [0, 0.1) is 0 Å². The quantitative estimate of drug-likeness (QED) is 0.740. The predicted octanol–water partition coefficient (Wildman–Crippen LogP) is 1.60. The number of ether oxygens (including phenoxy) is 1. The zero-order chi connectivity index (χ0) is 9.26.